The molecule has 0 saturated carbocycles. The number of phenolic OH excluding ortho intramolecular Hbond substituents is 1. The van der Waals surface area contributed by atoms with Gasteiger partial charge in [-0.1, -0.05) is 0 Å². The molecular formula is C12H15N3O4. The molecule has 7 nitrogen and oxygen atoms in total. The standard InChI is InChI=1S/C12H15N3O4/c13-9-3-2-8(17)5-7(9)1-4-11(18)15-10(6-16)12(14)19/h1-5,10,16-17H,6,13H2,(H2,14,19)(H,15,18). The second kappa shape index (κ2) is 6.41. The van der Waals surface area contributed by atoms with Gasteiger partial charge in [0.15, 0.2) is 0 Å². The summed E-state index contributed by atoms with van der Waals surface area (Å²) < 4.78 is 0. The molecule has 19 heavy (non-hydrogen) atoms. The van der Waals surface area contributed by atoms with E-state index in [9.17, 15) is 14.7 Å². The molecule has 1 atom stereocenters. The maximum Gasteiger partial charge on any atom is 0.244 e. The van der Waals surface area contributed by atoms with Crippen molar-refractivity contribution in [3.8, 4) is 5.75 Å². The molecule has 1 aromatic carbocycles. The zero-order chi connectivity index (χ0) is 14.4. The second-order valence-electron chi connectivity index (χ2n) is 3.79. The summed E-state index contributed by atoms with van der Waals surface area (Å²) in [6.45, 7) is -0.580. The van der Waals surface area contributed by atoms with E-state index in [1.807, 2.05) is 0 Å². The van der Waals surface area contributed by atoms with Crippen molar-refractivity contribution in [3.63, 3.8) is 0 Å². The molecule has 102 valence electrons. The van der Waals surface area contributed by atoms with Crippen molar-refractivity contribution < 1.29 is 19.8 Å². The number of rotatable bonds is 5. The summed E-state index contributed by atoms with van der Waals surface area (Å²) in [7, 11) is 0. The van der Waals surface area contributed by atoms with Crippen LogP contribution in [0.4, 0.5) is 5.69 Å². The van der Waals surface area contributed by atoms with E-state index in [0.717, 1.165) is 6.08 Å². The first-order valence-electron chi connectivity index (χ1n) is 5.41. The van der Waals surface area contributed by atoms with Gasteiger partial charge in [-0.3, -0.25) is 9.59 Å². The number of carbonyl (C=O) groups is 2. The predicted octanol–water partition coefficient (Wildman–Crippen LogP) is -1.05. The summed E-state index contributed by atoms with van der Waals surface area (Å²) in [6.07, 6.45) is 2.50. The van der Waals surface area contributed by atoms with Gasteiger partial charge in [0.1, 0.15) is 11.8 Å². The largest absolute Gasteiger partial charge is 0.508 e. The first-order chi connectivity index (χ1) is 8.93. The fraction of sp³-hybridized carbons (Fsp3) is 0.167. The fourth-order valence-corrected chi connectivity index (χ4v) is 1.30. The molecule has 0 heterocycles. The highest BCUT2D eigenvalue weighted by atomic mass is 16.3. The first-order valence-corrected chi connectivity index (χ1v) is 5.41. The van der Waals surface area contributed by atoms with Gasteiger partial charge in [-0.2, -0.15) is 0 Å². The van der Waals surface area contributed by atoms with E-state index in [2.05, 4.69) is 5.32 Å². The number of aliphatic hydroxyl groups is 1. The van der Waals surface area contributed by atoms with Crippen LogP contribution in [0.1, 0.15) is 5.56 Å². The van der Waals surface area contributed by atoms with E-state index in [-0.39, 0.29) is 5.75 Å². The number of carbonyl (C=O) groups excluding carboxylic acids is 2. The van der Waals surface area contributed by atoms with Gasteiger partial charge in [0, 0.05) is 17.3 Å². The number of phenols is 1. The lowest BCUT2D eigenvalue weighted by molar-refractivity contribution is -0.125. The molecule has 0 spiro atoms. The zero-order valence-corrected chi connectivity index (χ0v) is 10.0. The number of primary amides is 1. The lowest BCUT2D eigenvalue weighted by Gasteiger charge is -2.10. The van der Waals surface area contributed by atoms with Crippen LogP contribution in [0.3, 0.4) is 0 Å². The molecule has 0 saturated heterocycles. The van der Waals surface area contributed by atoms with Crippen molar-refractivity contribution in [3.05, 3.63) is 29.8 Å². The SMILES string of the molecule is NC(=O)C(CO)NC(=O)C=Cc1cc(O)ccc1N. The zero-order valence-electron chi connectivity index (χ0n) is 10.0. The maximum atomic E-state index is 11.5. The summed E-state index contributed by atoms with van der Waals surface area (Å²) in [5, 5.41) is 20.3. The number of aromatic hydroxyl groups is 1. The first kappa shape index (κ1) is 14.5. The molecule has 1 aromatic rings. The Balaban J connectivity index is 2.73. The second-order valence-corrected chi connectivity index (χ2v) is 3.79. The summed E-state index contributed by atoms with van der Waals surface area (Å²) in [6, 6.07) is 3.16. The minimum Gasteiger partial charge on any atom is -0.508 e. The number of nitrogens with two attached hydrogens (primary N) is 2. The molecule has 2 amide bonds. The van der Waals surface area contributed by atoms with Gasteiger partial charge in [0.25, 0.3) is 0 Å². The third-order valence-electron chi connectivity index (χ3n) is 2.33. The topological polar surface area (TPSA) is 139 Å². The number of hydrogen-bond donors (Lipinski definition) is 5. The molecule has 0 aliphatic heterocycles. The van der Waals surface area contributed by atoms with Gasteiger partial charge in [-0.25, -0.2) is 0 Å². The Hall–Kier alpha value is -2.54. The van der Waals surface area contributed by atoms with Crippen LogP contribution in [0.2, 0.25) is 0 Å². The van der Waals surface area contributed by atoms with E-state index < -0.39 is 24.5 Å². The summed E-state index contributed by atoms with van der Waals surface area (Å²) in [5.41, 5.74) is 11.4. The van der Waals surface area contributed by atoms with Crippen LogP contribution in [-0.2, 0) is 9.59 Å². The lowest BCUT2D eigenvalue weighted by Crippen LogP contribution is -2.46. The Labute approximate surface area is 109 Å². The lowest BCUT2D eigenvalue weighted by atomic mass is 10.1. The number of hydrogen-bond acceptors (Lipinski definition) is 5. The number of aliphatic hydroxyl groups excluding tert-OH is 1. The van der Waals surface area contributed by atoms with Crippen LogP contribution in [0.25, 0.3) is 6.08 Å². The minimum atomic E-state index is -1.14. The number of nitrogen functional groups attached to an aromatic ring is 1. The number of anilines is 1. The Morgan fingerprint density at radius 2 is 2.11 bits per heavy atom. The van der Waals surface area contributed by atoms with Crippen LogP contribution in [-0.4, -0.2) is 34.7 Å². The van der Waals surface area contributed by atoms with Crippen LogP contribution >= 0.6 is 0 Å². The van der Waals surface area contributed by atoms with Gasteiger partial charge in [-0.05, 0) is 24.3 Å². The summed E-state index contributed by atoms with van der Waals surface area (Å²) in [5.74, 6) is -1.43. The highest BCUT2D eigenvalue weighted by Crippen LogP contribution is 2.19. The monoisotopic (exact) mass is 265 g/mol. The summed E-state index contributed by atoms with van der Waals surface area (Å²) >= 11 is 0. The fourth-order valence-electron chi connectivity index (χ4n) is 1.30. The molecule has 1 rings (SSSR count). The van der Waals surface area contributed by atoms with E-state index in [4.69, 9.17) is 16.6 Å². The van der Waals surface area contributed by atoms with E-state index in [1.165, 1.54) is 24.3 Å². The molecule has 0 aliphatic carbocycles. The Morgan fingerprint density at radius 3 is 2.68 bits per heavy atom. The Bertz CT molecular complexity index is 514. The van der Waals surface area contributed by atoms with Crippen LogP contribution in [0, 0.1) is 0 Å². The van der Waals surface area contributed by atoms with Gasteiger partial charge in [-0.15, -0.1) is 0 Å². The predicted molar refractivity (Wildman–Crippen MR) is 69.8 cm³/mol. The van der Waals surface area contributed by atoms with Crippen LogP contribution < -0.4 is 16.8 Å². The van der Waals surface area contributed by atoms with Gasteiger partial charge in [0.05, 0.1) is 6.61 Å². The van der Waals surface area contributed by atoms with Crippen molar-refractivity contribution in [2.75, 3.05) is 12.3 Å². The molecule has 0 aliphatic rings. The van der Waals surface area contributed by atoms with Crippen molar-refractivity contribution in [1.29, 1.82) is 0 Å². The average molecular weight is 265 g/mol. The molecule has 0 aromatic heterocycles. The van der Waals surface area contributed by atoms with E-state index in [0.29, 0.717) is 11.3 Å². The quantitative estimate of drug-likeness (QED) is 0.262. The summed E-state index contributed by atoms with van der Waals surface area (Å²) in [4.78, 5) is 22.3. The van der Waals surface area contributed by atoms with Crippen molar-refractivity contribution in [2.24, 2.45) is 5.73 Å². The van der Waals surface area contributed by atoms with Crippen molar-refractivity contribution in [2.45, 2.75) is 6.04 Å². The molecular weight excluding hydrogens is 250 g/mol. The normalized spacial score (nSPS) is 12.3. The number of amides is 2. The third kappa shape index (κ3) is 4.32. The number of nitrogens with one attached hydrogen (secondary N) is 1. The van der Waals surface area contributed by atoms with Crippen molar-refractivity contribution >= 4 is 23.6 Å². The third-order valence-corrected chi connectivity index (χ3v) is 2.33. The highest BCUT2D eigenvalue weighted by Gasteiger charge is 2.14. The van der Waals surface area contributed by atoms with Gasteiger partial charge < -0.3 is 27.0 Å². The van der Waals surface area contributed by atoms with Crippen molar-refractivity contribution in [1.82, 2.24) is 5.32 Å². The van der Waals surface area contributed by atoms with Gasteiger partial charge >= 0.3 is 0 Å². The molecule has 0 bridgehead atoms. The molecule has 0 fully saturated rings. The minimum absolute atomic E-state index is 0.0135. The van der Waals surface area contributed by atoms with Crippen LogP contribution in [0.5, 0.6) is 5.75 Å². The average Bonchev–Trinajstić information content (AvgIpc) is 2.36. The highest BCUT2D eigenvalue weighted by molar-refractivity contribution is 5.95. The Kier molecular flexibility index (Phi) is 4.90. The van der Waals surface area contributed by atoms with Crippen LogP contribution in [0.15, 0.2) is 24.3 Å². The maximum absolute atomic E-state index is 11.5. The Morgan fingerprint density at radius 1 is 1.42 bits per heavy atom. The van der Waals surface area contributed by atoms with E-state index in [1.54, 1.807) is 0 Å². The van der Waals surface area contributed by atoms with Gasteiger partial charge in [0.2, 0.25) is 11.8 Å². The smallest absolute Gasteiger partial charge is 0.244 e. The molecule has 0 radical (unpaired) electrons. The number of benzene rings is 1. The molecule has 1 unspecified atom stereocenters. The molecule has 7 heteroatoms. The molecule has 7 N–H and O–H groups in total. The van der Waals surface area contributed by atoms with E-state index >= 15 is 0 Å².